The second-order valence-corrected chi connectivity index (χ2v) is 6.87. The van der Waals surface area contributed by atoms with E-state index < -0.39 is 71.8 Å². The molecule has 0 radical (unpaired) electrons. The molecule has 0 unspecified atom stereocenters. The summed E-state index contributed by atoms with van der Waals surface area (Å²) in [4.78, 5) is 0. The minimum Gasteiger partial charge on any atom is -0.267 e. The third-order valence-electron chi connectivity index (χ3n) is 4.38. The largest absolute Gasteiger partial charge is 0.462 e. The van der Waals surface area contributed by atoms with Crippen LogP contribution in [0.5, 0.6) is 0 Å². The SMILES string of the molecule is FC(F)(F)C(F)(F)C(F)(F)O[C@]1(F)C(F)(F)C(F)(F)C(F)(F)[C@@](F)(OC(F)(F)C(F)(F)C(F)(F)F)C1(F)F. The zero-order valence-corrected chi connectivity index (χ0v) is 15.9. The van der Waals surface area contributed by atoms with Crippen molar-refractivity contribution in [1.82, 2.24) is 0 Å². The number of hydrogen-bond acceptors (Lipinski definition) is 2. The average Bonchev–Trinajstić information content (AvgIpc) is 2.63. The molecule has 0 N–H and O–H groups in total. The van der Waals surface area contributed by atoms with Gasteiger partial charge < -0.3 is 0 Å². The first-order valence-corrected chi connectivity index (χ1v) is 7.85. The Morgan fingerprint density at radius 2 is 0.526 bits per heavy atom. The van der Waals surface area contributed by atoms with Gasteiger partial charge in [-0.3, -0.25) is 9.47 Å². The van der Waals surface area contributed by atoms with Crippen molar-refractivity contribution in [3.63, 3.8) is 0 Å². The molecule has 38 heavy (non-hydrogen) atoms. The molecule has 0 spiro atoms. The van der Waals surface area contributed by atoms with Crippen molar-refractivity contribution < 1.29 is 115 Å². The van der Waals surface area contributed by atoms with E-state index in [9.17, 15) is 105 Å². The lowest BCUT2D eigenvalue weighted by molar-refractivity contribution is -0.593. The van der Waals surface area contributed by atoms with E-state index in [4.69, 9.17) is 0 Å². The van der Waals surface area contributed by atoms with Gasteiger partial charge in [0, 0.05) is 0 Å². The van der Waals surface area contributed by atoms with Crippen LogP contribution in [0.4, 0.5) is 105 Å². The summed E-state index contributed by atoms with van der Waals surface area (Å²) in [5.74, 6) is -69.5. The molecule has 1 saturated carbocycles. The highest BCUT2D eigenvalue weighted by molar-refractivity contribution is 5.25. The number of halogens is 24. The summed E-state index contributed by atoms with van der Waals surface area (Å²) >= 11 is 0. The number of alkyl halides is 24. The monoisotopic (exact) mass is 632 g/mol. The van der Waals surface area contributed by atoms with Crippen molar-refractivity contribution in [2.75, 3.05) is 0 Å². The second-order valence-electron chi connectivity index (χ2n) is 6.87. The van der Waals surface area contributed by atoms with Crippen molar-refractivity contribution in [3.05, 3.63) is 0 Å². The molecule has 26 heteroatoms. The molecule has 2 atom stereocenters. The van der Waals surface area contributed by atoms with Gasteiger partial charge in [0.2, 0.25) is 0 Å². The van der Waals surface area contributed by atoms with E-state index in [1.807, 2.05) is 0 Å². The van der Waals surface area contributed by atoms with Crippen LogP contribution in [0.1, 0.15) is 0 Å². The lowest BCUT2D eigenvalue weighted by Crippen LogP contribution is -2.87. The molecule has 1 rings (SSSR count). The van der Waals surface area contributed by atoms with Crippen molar-refractivity contribution in [2.24, 2.45) is 0 Å². The van der Waals surface area contributed by atoms with E-state index in [0.29, 0.717) is 0 Å². The van der Waals surface area contributed by atoms with Gasteiger partial charge in [0.15, 0.2) is 0 Å². The zero-order chi connectivity index (χ0) is 31.4. The highest BCUT2D eigenvalue weighted by atomic mass is 19.4. The van der Waals surface area contributed by atoms with E-state index in [2.05, 4.69) is 0 Å². The molecule has 0 saturated heterocycles. The van der Waals surface area contributed by atoms with Crippen LogP contribution in [0.3, 0.4) is 0 Å². The predicted octanol–water partition coefficient (Wildman–Crippen LogP) is 7.49. The van der Waals surface area contributed by atoms with Gasteiger partial charge in [-0.2, -0.15) is 105 Å². The van der Waals surface area contributed by atoms with Gasteiger partial charge in [-0.05, 0) is 0 Å². The fraction of sp³-hybridized carbons (Fsp3) is 1.00. The first-order chi connectivity index (χ1) is 15.9. The third kappa shape index (κ3) is 3.77. The van der Waals surface area contributed by atoms with Gasteiger partial charge in [-0.15, -0.1) is 0 Å². The minimum absolute atomic E-state index is 1.02. The summed E-state index contributed by atoms with van der Waals surface area (Å²) in [7, 11) is 0. The molecular weight excluding hydrogens is 632 g/mol. The molecule has 1 fully saturated rings. The Bertz CT molecular complexity index is 842. The maximum Gasteiger partial charge on any atom is 0.462 e. The van der Waals surface area contributed by atoms with Crippen molar-refractivity contribution in [3.8, 4) is 0 Å². The molecule has 0 aromatic carbocycles. The fourth-order valence-electron chi connectivity index (χ4n) is 2.27. The van der Waals surface area contributed by atoms with Crippen LogP contribution in [0.25, 0.3) is 0 Å². The van der Waals surface area contributed by atoms with E-state index in [1.165, 1.54) is 0 Å². The summed E-state index contributed by atoms with van der Waals surface area (Å²) in [6, 6.07) is 0. The lowest BCUT2D eigenvalue weighted by Gasteiger charge is -2.55. The van der Waals surface area contributed by atoms with Crippen molar-refractivity contribution >= 4 is 0 Å². The Hall–Kier alpha value is -1.76. The Labute approximate surface area is 188 Å². The molecule has 2 nitrogen and oxygen atoms in total. The van der Waals surface area contributed by atoms with E-state index in [1.54, 1.807) is 0 Å². The quantitative estimate of drug-likeness (QED) is 0.283. The van der Waals surface area contributed by atoms with Gasteiger partial charge in [0.25, 0.3) is 0 Å². The Morgan fingerprint density at radius 1 is 0.316 bits per heavy atom. The van der Waals surface area contributed by atoms with Crippen molar-refractivity contribution in [2.45, 2.75) is 71.8 Å². The van der Waals surface area contributed by atoms with Gasteiger partial charge in [0.1, 0.15) is 0 Å². The molecule has 0 amide bonds. The molecule has 228 valence electrons. The van der Waals surface area contributed by atoms with E-state index >= 15 is 0 Å². The highest BCUT2D eigenvalue weighted by Crippen LogP contribution is 2.72. The standard InChI is InChI=1S/C12F24O2/c13-1(14)2(15,16)7(25,37-11(33,34)5(21,22)9(27,28)29)4(19,20)8(26,3(1,17)18)38-12(35,36)6(23,24)10(30,31)32/t7-,8-/m1/s1. The molecular formula is C12F24O2. The van der Waals surface area contributed by atoms with Crippen LogP contribution in [-0.2, 0) is 9.47 Å². The molecule has 1 aliphatic rings. The average molecular weight is 632 g/mol. The number of rotatable bonds is 6. The Kier molecular flexibility index (Phi) is 7.14. The van der Waals surface area contributed by atoms with Crippen molar-refractivity contribution in [1.29, 1.82) is 0 Å². The molecule has 0 aromatic heterocycles. The number of hydrogen-bond donors (Lipinski definition) is 0. The molecule has 0 bridgehead atoms. The smallest absolute Gasteiger partial charge is 0.267 e. The third-order valence-corrected chi connectivity index (χ3v) is 4.38. The Balaban J connectivity index is 4.09. The molecule has 0 heterocycles. The number of ether oxygens (including phenoxy) is 2. The summed E-state index contributed by atoms with van der Waals surface area (Å²) in [6.45, 7) is 0. The summed E-state index contributed by atoms with van der Waals surface area (Å²) in [5.41, 5.74) is 0. The molecule has 1 aliphatic carbocycles. The van der Waals surface area contributed by atoms with Crippen LogP contribution in [0, 0.1) is 0 Å². The van der Waals surface area contributed by atoms with Crippen LogP contribution >= 0.6 is 0 Å². The summed E-state index contributed by atoms with van der Waals surface area (Å²) in [6.07, 6.45) is -32.8. The lowest BCUT2D eigenvalue weighted by atomic mass is 9.77. The fourth-order valence-corrected chi connectivity index (χ4v) is 2.27. The predicted molar refractivity (Wildman–Crippen MR) is 61.5 cm³/mol. The summed E-state index contributed by atoms with van der Waals surface area (Å²) < 4.78 is 316. The van der Waals surface area contributed by atoms with Gasteiger partial charge in [-0.1, -0.05) is 0 Å². The van der Waals surface area contributed by atoms with Crippen LogP contribution in [-0.4, -0.2) is 71.8 Å². The van der Waals surface area contributed by atoms with Crippen LogP contribution in [0.15, 0.2) is 0 Å². The van der Waals surface area contributed by atoms with Crippen LogP contribution in [0.2, 0.25) is 0 Å². The maximum absolute atomic E-state index is 14.3. The van der Waals surface area contributed by atoms with E-state index in [0.717, 1.165) is 9.47 Å². The second kappa shape index (κ2) is 7.92. The highest BCUT2D eigenvalue weighted by Gasteiger charge is 3.04. The van der Waals surface area contributed by atoms with Gasteiger partial charge >= 0.3 is 71.8 Å². The zero-order valence-electron chi connectivity index (χ0n) is 15.9. The van der Waals surface area contributed by atoms with Gasteiger partial charge in [0.05, 0.1) is 0 Å². The maximum atomic E-state index is 14.3. The molecule has 0 aromatic rings. The Morgan fingerprint density at radius 3 is 0.711 bits per heavy atom. The minimum atomic E-state index is -9.01. The summed E-state index contributed by atoms with van der Waals surface area (Å²) in [5, 5.41) is 0. The first kappa shape index (κ1) is 34.3. The normalized spacial score (nSPS) is 30.3. The topological polar surface area (TPSA) is 18.5 Å². The molecule has 0 aliphatic heterocycles. The van der Waals surface area contributed by atoms with Gasteiger partial charge in [-0.25, -0.2) is 0 Å². The van der Waals surface area contributed by atoms with E-state index in [-0.39, 0.29) is 0 Å². The first-order valence-electron chi connectivity index (χ1n) is 7.85. The van der Waals surface area contributed by atoms with Crippen LogP contribution < -0.4 is 0 Å².